The minimum Gasteiger partial charge on any atom is -0.495 e. The zero-order valence-electron chi connectivity index (χ0n) is 16.8. The number of aromatic nitrogens is 1. The topological polar surface area (TPSA) is 109 Å². The first-order chi connectivity index (χ1) is 16.0. The Morgan fingerprint density at radius 3 is 2.53 bits per heavy atom. The van der Waals surface area contributed by atoms with Gasteiger partial charge in [-0.05, 0) is 42.3 Å². The second-order valence-corrected chi connectivity index (χ2v) is 7.86. The molecule has 0 bridgehead atoms. The van der Waals surface area contributed by atoms with Crippen molar-refractivity contribution in [3.63, 3.8) is 0 Å². The van der Waals surface area contributed by atoms with E-state index in [1.165, 1.54) is 30.7 Å². The molecule has 1 unspecified atom stereocenters. The fourth-order valence-corrected chi connectivity index (χ4v) is 3.86. The summed E-state index contributed by atoms with van der Waals surface area (Å²) in [4.78, 5) is 15.3. The van der Waals surface area contributed by atoms with E-state index < -0.39 is 35.2 Å². The van der Waals surface area contributed by atoms with Crippen molar-refractivity contribution in [2.75, 3.05) is 11.4 Å². The molecule has 3 rings (SSSR count). The average molecular weight is 516 g/mol. The fraction of sp³-hybridized carbons (Fsp3) is 0.100. The van der Waals surface area contributed by atoms with E-state index in [-0.39, 0.29) is 33.4 Å². The van der Waals surface area contributed by atoms with Crippen LogP contribution in [0.1, 0.15) is 20.9 Å². The van der Waals surface area contributed by atoms with Gasteiger partial charge in [0, 0.05) is 10.9 Å². The van der Waals surface area contributed by atoms with E-state index in [1.807, 2.05) is 0 Å². The van der Waals surface area contributed by atoms with E-state index in [2.05, 4.69) is 21.6 Å². The molecular formula is C20H12F4N2O6S2. The SMILES string of the molecule is COc1cc(C(=O)O)ccc1N(c1csc(C#Cc2ccc(F)c(OC(F)(F)F)c2)n1)S(=O)O. The Morgan fingerprint density at radius 1 is 1.18 bits per heavy atom. The number of nitrogens with zero attached hydrogens (tertiary/aromatic N) is 2. The number of alkyl halides is 3. The smallest absolute Gasteiger partial charge is 0.495 e. The number of ether oxygens (including phenoxy) is 2. The molecule has 0 saturated carbocycles. The van der Waals surface area contributed by atoms with Gasteiger partial charge in [0.2, 0.25) is 0 Å². The molecule has 0 aliphatic heterocycles. The van der Waals surface area contributed by atoms with E-state index in [9.17, 15) is 31.1 Å². The molecule has 2 aromatic carbocycles. The molecule has 8 nitrogen and oxygen atoms in total. The summed E-state index contributed by atoms with van der Waals surface area (Å²) in [6, 6.07) is 6.32. The lowest BCUT2D eigenvalue weighted by Crippen LogP contribution is -2.20. The van der Waals surface area contributed by atoms with E-state index in [0.29, 0.717) is 0 Å². The number of benzene rings is 2. The molecule has 0 fully saturated rings. The minimum absolute atomic E-state index is 0.00548. The molecular weight excluding hydrogens is 504 g/mol. The summed E-state index contributed by atoms with van der Waals surface area (Å²) >= 11 is -1.68. The molecule has 34 heavy (non-hydrogen) atoms. The monoisotopic (exact) mass is 516 g/mol. The molecule has 1 aromatic heterocycles. The molecule has 0 spiro atoms. The molecule has 0 saturated heterocycles. The van der Waals surface area contributed by atoms with E-state index >= 15 is 0 Å². The third kappa shape index (κ3) is 6.01. The second kappa shape index (κ2) is 10.1. The Kier molecular flexibility index (Phi) is 7.40. The first-order valence-corrected chi connectivity index (χ1v) is 10.8. The van der Waals surface area contributed by atoms with Gasteiger partial charge in [0.15, 0.2) is 22.4 Å². The zero-order valence-corrected chi connectivity index (χ0v) is 18.4. The van der Waals surface area contributed by atoms with Crippen molar-refractivity contribution in [1.82, 2.24) is 4.98 Å². The Hall–Kier alpha value is -3.67. The lowest BCUT2D eigenvalue weighted by atomic mass is 10.2. The van der Waals surface area contributed by atoms with Gasteiger partial charge >= 0.3 is 12.3 Å². The highest BCUT2D eigenvalue weighted by molar-refractivity contribution is 7.81. The van der Waals surface area contributed by atoms with Crippen molar-refractivity contribution in [3.05, 3.63) is 63.7 Å². The van der Waals surface area contributed by atoms with Crippen LogP contribution in [0, 0.1) is 17.7 Å². The first kappa shape index (κ1) is 25.0. The molecule has 0 radical (unpaired) electrons. The van der Waals surface area contributed by atoms with Crippen LogP contribution in [0.2, 0.25) is 0 Å². The quantitative estimate of drug-likeness (QED) is 0.281. The van der Waals surface area contributed by atoms with Crippen LogP contribution in [0.5, 0.6) is 11.5 Å². The van der Waals surface area contributed by atoms with Gasteiger partial charge in [-0.25, -0.2) is 22.7 Å². The first-order valence-electron chi connectivity index (χ1n) is 8.84. The van der Waals surface area contributed by atoms with Crippen molar-refractivity contribution in [1.29, 1.82) is 0 Å². The predicted molar refractivity (Wildman–Crippen MR) is 114 cm³/mol. The van der Waals surface area contributed by atoms with Crippen LogP contribution >= 0.6 is 11.3 Å². The van der Waals surface area contributed by atoms with Crippen molar-refractivity contribution >= 4 is 40.1 Å². The summed E-state index contributed by atoms with van der Waals surface area (Å²) < 4.78 is 82.1. The number of hydrogen-bond acceptors (Lipinski definition) is 6. The van der Waals surface area contributed by atoms with Gasteiger partial charge in [-0.15, -0.1) is 24.5 Å². The highest BCUT2D eigenvalue weighted by Gasteiger charge is 2.32. The highest BCUT2D eigenvalue weighted by atomic mass is 32.2. The van der Waals surface area contributed by atoms with Crippen LogP contribution in [-0.2, 0) is 11.3 Å². The van der Waals surface area contributed by atoms with Gasteiger partial charge in [-0.3, -0.25) is 4.55 Å². The Labute approximate surface area is 195 Å². The largest absolute Gasteiger partial charge is 0.573 e. The normalized spacial score (nSPS) is 11.8. The maximum atomic E-state index is 13.5. The summed E-state index contributed by atoms with van der Waals surface area (Å²) in [5.74, 6) is 1.56. The van der Waals surface area contributed by atoms with Crippen molar-refractivity contribution in [3.8, 4) is 23.3 Å². The van der Waals surface area contributed by atoms with E-state index in [4.69, 9.17) is 9.84 Å². The number of rotatable bonds is 6. The summed E-state index contributed by atoms with van der Waals surface area (Å²) in [6.07, 6.45) is -5.08. The third-order valence-electron chi connectivity index (χ3n) is 3.97. The maximum absolute atomic E-state index is 13.5. The number of anilines is 2. The Bertz CT molecular complexity index is 1320. The third-order valence-corrected chi connectivity index (χ3v) is 5.41. The lowest BCUT2D eigenvalue weighted by molar-refractivity contribution is -0.275. The molecule has 178 valence electrons. The van der Waals surface area contributed by atoms with Crippen LogP contribution in [0.3, 0.4) is 0 Å². The number of methoxy groups -OCH3 is 1. The second-order valence-electron chi connectivity index (χ2n) is 6.17. The Balaban J connectivity index is 1.92. The number of halogens is 4. The van der Waals surface area contributed by atoms with Crippen molar-refractivity contribution in [2.45, 2.75) is 6.36 Å². The summed E-state index contributed by atoms with van der Waals surface area (Å²) in [7, 11) is 1.25. The summed E-state index contributed by atoms with van der Waals surface area (Å²) in [5.41, 5.74) is -0.0567. The number of hydrogen-bond donors (Lipinski definition) is 2. The van der Waals surface area contributed by atoms with Gasteiger partial charge in [-0.1, -0.05) is 5.92 Å². The molecule has 1 atom stereocenters. The summed E-state index contributed by atoms with van der Waals surface area (Å²) in [5, 5.41) is 10.6. The number of thiazole rings is 1. The Morgan fingerprint density at radius 2 is 1.91 bits per heavy atom. The van der Waals surface area contributed by atoms with Crippen molar-refractivity contribution < 1.29 is 45.7 Å². The van der Waals surface area contributed by atoms with Gasteiger partial charge < -0.3 is 14.6 Å². The molecule has 14 heteroatoms. The molecule has 0 amide bonds. The van der Waals surface area contributed by atoms with E-state index in [1.54, 1.807) is 0 Å². The lowest BCUT2D eigenvalue weighted by Gasteiger charge is -2.20. The standard InChI is InChI=1S/C20H12F4N2O6S2/c1-31-16-9-12(19(27)28)4-6-14(16)26(34(29)30)17-10-33-18(25-17)7-3-11-2-5-13(21)15(8-11)32-20(22,23)24/h2,4-6,8-10H,1H3,(H,27,28)(H,29,30). The van der Waals surface area contributed by atoms with E-state index in [0.717, 1.165) is 33.8 Å². The molecule has 0 aliphatic carbocycles. The minimum atomic E-state index is -5.08. The molecule has 3 aromatic rings. The number of carboxylic acid groups (broad SMARTS) is 1. The van der Waals surface area contributed by atoms with Gasteiger partial charge in [0.1, 0.15) is 11.4 Å². The maximum Gasteiger partial charge on any atom is 0.573 e. The number of carbonyl (C=O) groups is 1. The molecule has 0 aliphatic rings. The number of aromatic carboxylic acids is 1. The van der Waals surface area contributed by atoms with Gasteiger partial charge in [-0.2, -0.15) is 0 Å². The van der Waals surface area contributed by atoms with Crippen LogP contribution in [-0.4, -0.2) is 38.3 Å². The fourth-order valence-electron chi connectivity index (χ4n) is 2.59. The average Bonchev–Trinajstić information content (AvgIpc) is 3.21. The predicted octanol–water partition coefficient (Wildman–Crippen LogP) is 4.56. The van der Waals surface area contributed by atoms with Crippen LogP contribution in [0.15, 0.2) is 41.8 Å². The summed E-state index contributed by atoms with van der Waals surface area (Å²) in [6.45, 7) is 0. The van der Waals surface area contributed by atoms with Crippen LogP contribution in [0.4, 0.5) is 29.1 Å². The number of carboxylic acids is 1. The van der Waals surface area contributed by atoms with Gasteiger partial charge in [0.05, 0.1) is 12.7 Å². The van der Waals surface area contributed by atoms with Crippen LogP contribution in [0.25, 0.3) is 0 Å². The molecule has 2 N–H and O–H groups in total. The van der Waals surface area contributed by atoms with Crippen molar-refractivity contribution in [2.24, 2.45) is 0 Å². The van der Waals surface area contributed by atoms with Crippen LogP contribution < -0.4 is 13.8 Å². The highest BCUT2D eigenvalue weighted by Crippen LogP contribution is 2.36. The van der Waals surface area contributed by atoms with Gasteiger partial charge in [0.25, 0.3) is 11.3 Å². The zero-order chi connectivity index (χ0) is 25.0. The molecule has 1 heterocycles.